The van der Waals surface area contributed by atoms with Gasteiger partial charge in [0.2, 0.25) is 0 Å². The first kappa shape index (κ1) is 14.3. The molecule has 1 aliphatic rings. The fourth-order valence-corrected chi connectivity index (χ4v) is 1.94. The Kier molecular flexibility index (Phi) is 4.52. The van der Waals surface area contributed by atoms with Crippen LogP contribution >= 0.6 is 0 Å². The number of carbonyl (C=O) groups excluding carboxylic acids is 1. The Balaban J connectivity index is 1.94. The molecule has 0 N–H and O–H groups in total. The summed E-state index contributed by atoms with van der Waals surface area (Å²) in [7, 11) is 0. The highest BCUT2D eigenvalue weighted by atomic mass is 16.6. The number of nitro groups is 1. The lowest BCUT2D eigenvalue weighted by atomic mass is 10.3. The summed E-state index contributed by atoms with van der Waals surface area (Å²) in [6.45, 7) is 3.87. The molecule has 7 heteroatoms. The largest absolute Gasteiger partial charge is 0.481 e. The van der Waals surface area contributed by atoms with Crippen molar-refractivity contribution >= 4 is 11.6 Å². The summed E-state index contributed by atoms with van der Waals surface area (Å²) >= 11 is 0. The van der Waals surface area contributed by atoms with E-state index >= 15 is 0 Å². The predicted octanol–water partition coefficient (Wildman–Crippen LogP) is 1.22. The summed E-state index contributed by atoms with van der Waals surface area (Å²) in [5.41, 5.74) is -0.00971. The van der Waals surface area contributed by atoms with E-state index in [1.165, 1.54) is 24.3 Å². The number of ether oxygens (including phenoxy) is 2. The Labute approximate surface area is 116 Å². The molecule has 0 bridgehead atoms. The Morgan fingerprint density at radius 1 is 1.35 bits per heavy atom. The lowest BCUT2D eigenvalue weighted by Crippen LogP contribution is -2.46. The molecular weight excluding hydrogens is 264 g/mol. The molecule has 0 aromatic heterocycles. The van der Waals surface area contributed by atoms with Gasteiger partial charge in [-0.1, -0.05) is 0 Å². The van der Waals surface area contributed by atoms with Crippen molar-refractivity contribution in [1.82, 2.24) is 4.90 Å². The molecule has 2 rings (SSSR count). The fourth-order valence-electron chi connectivity index (χ4n) is 1.94. The number of hydrogen-bond acceptors (Lipinski definition) is 5. The molecule has 1 aromatic rings. The second-order valence-electron chi connectivity index (χ2n) is 4.45. The van der Waals surface area contributed by atoms with Crippen LogP contribution in [0.1, 0.15) is 6.92 Å². The summed E-state index contributed by atoms with van der Waals surface area (Å²) in [5.74, 6) is 0.330. The van der Waals surface area contributed by atoms with Gasteiger partial charge in [-0.05, 0) is 19.1 Å². The van der Waals surface area contributed by atoms with Crippen molar-refractivity contribution in [1.29, 1.82) is 0 Å². The van der Waals surface area contributed by atoms with Crippen molar-refractivity contribution in [3.05, 3.63) is 34.4 Å². The number of non-ortho nitro benzene ring substituents is 1. The van der Waals surface area contributed by atoms with E-state index in [1.54, 1.807) is 11.8 Å². The van der Waals surface area contributed by atoms with Crippen molar-refractivity contribution in [2.24, 2.45) is 0 Å². The van der Waals surface area contributed by atoms with Gasteiger partial charge >= 0.3 is 0 Å². The number of hydrogen-bond donors (Lipinski definition) is 0. The number of nitrogens with zero attached hydrogens (tertiary/aromatic N) is 2. The van der Waals surface area contributed by atoms with Crippen LogP contribution in [-0.2, 0) is 9.53 Å². The van der Waals surface area contributed by atoms with Crippen LogP contribution in [0, 0.1) is 10.1 Å². The minimum Gasteiger partial charge on any atom is -0.481 e. The van der Waals surface area contributed by atoms with Crippen LogP contribution in [0.2, 0.25) is 0 Å². The smallest absolute Gasteiger partial charge is 0.269 e. The van der Waals surface area contributed by atoms with Gasteiger partial charge in [-0.25, -0.2) is 0 Å². The zero-order valence-corrected chi connectivity index (χ0v) is 11.2. The van der Waals surface area contributed by atoms with E-state index in [-0.39, 0.29) is 11.6 Å². The second kappa shape index (κ2) is 6.33. The molecule has 1 amide bonds. The van der Waals surface area contributed by atoms with Gasteiger partial charge in [-0.15, -0.1) is 0 Å². The van der Waals surface area contributed by atoms with Crippen molar-refractivity contribution in [3.8, 4) is 5.75 Å². The number of nitro benzene ring substituents is 1. The molecule has 108 valence electrons. The fraction of sp³-hybridized carbons (Fsp3) is 0.462. The number of rotatable bonds is 4. The summed E-state index contributed by atoms with van der Waals surface area (Å²) in [6, 6.07) is 5.67. The maximum atomic E-state index is 12.1. The molecule has 1 heterocycles. The van der Waals surface area contributed by atoms with Crippen LogP contribution in [-0.4, -0.2) is 48.1 Å². The van der Waals surface area contributed by atoms with Crippen LogP contribution in [0.5, 0.6) is 5.75 Å². The molecule has 0 saturated carbocycles. The lowest BCUT2D eigenvalue weighted by Gasteiger charge is -2.29. The van der Waals surface area contributed by atoms with Gasteiger partial charge in [0.25, 0.3) is 11.6 Å². The molecule has 20 heavy (non-hydrogen) atoms. The Morgan fingerprint density at radius 3 is 2.50 bits per heavy atom. The first-order valence-corrected chi connectivity index (χ1v) is 6.35. The highest BCUT2D eigenvalue weighted by Gasteiger charge is 2.23. The monoisotopic (exact) mass is 280 g/mol. The molecule has 1 aliphatic heterocycles. The van der Waals surface area contributed by atoms with Gasteiger partial charge < -0.3 is 14.4 Å². The normalized spacial score (nSPS) is 16.6. The molecule has 1 aromatic carbocycles. The summed E-state index contributed by atoms with van der Waals surface area (Å²) < 4.78 is 10.7. The van der Waals surface area contributed by atoms with Gasteiger partial charge in [-0.2, -0.15) is 0 Å². The average molecular weight is 280 g/mol. The lowest BCUT2D eigenvalue weighted by molar-refractivity contribution is -0.384. The van der Waals surface area contributed by atoms with E-state index in [0.717, 1.165) is 0 Å². The van der Waals surface area contributed by atoms with Gasteiger partial charge in [0.1, 0.15) is 5.75 Å². The summed E-state index contributed by atoms with van der Waals surface area (Å²) in [6.07, 6.45) is -0.630. The second-order valence-corrected chi connectivity index (χ2v) is 4.45. The molecular formula is C13H16N2O5. The Morgan fingerprint density at radius 2 is 1.95 bits per heavy atom. The van der Waals surface area contributed by atoms with Gasteiger partial charge in [0.05, 0.1) is 18.1 Å². The molecule has 0 aliphatic carbocycles. The number of carbonyl (C=O) groups is 1. The van der Waals surface area contributed by atoms with E-state index in [4.69, 9.17) is 9.47 Å². The Hall–Kier alpha value is -2.15. The quantitative estimate of drug-likeness (QED) is 0.612. The van der Waals surface area contributed by atoms with E-state index < -0.39 is 11.0 Å². The topological polar surface area (TPSA) is 81.9 Å². The third kappa shape index (κ3) is 3.45. The molecule has 7 nitrogen and oxygen atoms in total. The van der Waals surface area contributed by atoms with Crippen molar-refractivity contribution in [3.63, 3.8) is 0 Å². The predicted molar refractivity (Wildman–Crippen MR) is 70.6 cm³/mol. The highest BCUT2D eigenvalue weighted by Crippen LogP contribution is 2.19. The molecule has 0 spiro atoms. The van der Waals surface area contributed by atoms with Crippen molar-refractivity contribution in [2.75, 3.05) is 26.3 Å². The first-order chi connectivity index (χ1) is 9.58. The van der Waals surface area contributed by atoms with Crippen LogP contribution in [0.15, 0.2) is 24.3 Å². The maximum Gasteiger partial charge on any atom is 0.269 e. The van der Waals surface area contributed by atoms with Crippen molar-refractivity contribution < 1.29 is 19.2 Å². The minimum atomic E-state index is -0.630. The standard InChI is InChI=1S/C13H16N2O5/c1-10(13(16)14-6-8-19-9-7-14)20-12-4-2-11(3-5-12)15(17)18/h2-5,10H,6-9H2,1H3/t10-/m0/s1. The zero-order chi connectivity index (χ0) is 14.5. The van der Waals surface area contributed by atoms with Crippen LogP contribution in [0.4, 0.5) is 5.69 Å². The van der Waals surface area contributed by atoms with Crippen LogP contribution < -0.4 is 4.74 Å². The molecule has 1 saturated heterocycles. The van der Waals surface area contributed by atoms with E-state index in [9.17, 15) is 14.9 Å². The van der Waals surface area contributed by atoms with Crippen LogP contribution in [0.3, 0.4) is 0 Å². The van der Waals surface area contributed by atoms with E-state index in [0.29, 0.717) is 32.1 Å². The number of morpholine rings is 1. The minimum absolute atomic E-state index is 0.00971. The van der Waals surface area contributed by atoms with Gasteiger partial charge in [-0.3, -0.25) is 14.9 Å². The van der Waals surface area contributed by atoms with E-state index in [1.807, 2.05) is 0 Å². The van der Waals surface area contributed by atoms with E-state index in [2.05, 4.69) is 0 Å². The van der Waals surface area contributed by atoms with Gasteiger partial charge in [0, 0.05) is 25.2 Å². The number of benzene rings is 1. The third-order valence-corrected chi connectivity index (χ3v) is 3.03. The van der Waals surface area contributed by atoms with Crippen molar-refractivity contribution in [2.45, 2.75) is 13.0 Å². The van der Waals surface area contributed by atoms with Crippen LogP contribution in [0.25, 0.3) is 0 Å². The molecule has 1 fully saturated rings. The summed E-state index contributed by atoms with van der Waals surface area (Å²) in [5, 5.41) is 10.5. The Bertz CT molecular complexity index is 482. The molecule has 1 atom stereocenters. The van der Waals surface area contributed by atoms with Gasteiger partial charge in [0.15, 0.2) is 6.10 Å². The first-order valence-electron chi connectivity index (χ1n) is 6.35. The maximum absolute atomic E-state index is 12.1. The molecule has 0 radical (unpaired) electrons. The third-order valence-electron chi connectivity index (χ3n) is 3.03. The average Bonchev–Trinajstić information content (AvgIpc) is 2.48. The zero-order valence-electron chi connectivity index (χ0n) is 11.2. The SMILES string of the molecule is C[C@H](Oc1ccc([N+](=O)[O-])cc1)C(=O)N1CCOCC1. The number of amides is 1. The highest BCUT2D eigenvalue weighted by molar-refractivity contribution is 5.81. The molecule has 0 unspecified atom stereocenters. The summed E-state index contributed by atoms with van der Waals surface area (Å²) in [4.78, 5) is 23.9.